The molecule has 18 heavy (non-hydrogen) atoms. The van der Waals surface area contributed by atoms with Crippen LogP contribution in [-0.4, -0.2) is 24.3 Å². The zero-order chi connectivity index (χ0) is 13.8. The van der Waals surface area contributed by atoms with Gasteiger partial charge >= 0.3 is 0 Å². The molecule has 1 aromatic rings. The Balaban J connectivity index is 2.87. The van der Waals surface area contributed by atoms with Crippen molar-refractivity contribution in [1.82, 2.24) is 0 Å². The van der Waals surface area contributed by atoms with Crippen molar-refractivity contribution >= 4 is 11.4 Å². The topological polar surface area (TPSA) is 49.5 Å². The van der Waals surface area contributed by atoms with E-state index in [0.29, 0.717) is 6.54 Å². The number of nitrogens with two attached hydrogens (primary N) is 1. The molecule has 3 nitrogen and oxygen atoms in total. The molecule has 0 aliphatic rings. The molecule has 0 saturated carbocycles. The lowest BCUT2D eigenvalue weighted by Gasteiger charge is -2.33. The maximum Gasteiger partial charge on any atom is 0.0763 e. The summed E-state index contributed by atoms with van der Waals surface area (Å²) >= 11 is 0. The number of aliphatic hydroxyl groups is 1. The molecule has 0 bridgehead atoms. The highest BCUT2D eigenvalue weighted by Crippen LogP contribution is 2.26. The SMILES string of the molecule is CCCN(CC(O)C(C)(C)C)c1ccccc1N. The van der Waals surface area contributed by atoms with E-state index in [-0.39, 0.29) is 11.5 Å². The van der Waals surface area contributed by atoms with Crippen molar-refractivity contribution in [2.75, 3.05) is 23.7 Å². The molecule has 0 aromatic heterocycles. The summed E-state index contributed by atoms with van der Waals surface area (Å²) in [7, 11) is 0. The number of para-hydroxylation sites is 2. The van der Waals surface area contributed by atoms with Crippen molar-refractivity contribution in [2.45, 2.75) is 40.2 Å². The minimum Gasteiger partial charge on any atom is -0.397 e. The van der Waals surface area contributed by atoms with E-state index >= 15 is 0 Å². The van der Waals surface area contributed by atoms with Gasteiger partial charge in [0.25, 0.3) is 0 Å². The molecule has 1 unspecified atom stereocenters. The van der Waals surface area contributed by atoms with Crippen molar-refractivity contribution in [3.05, 3.63) is 24.3 Å². The molecule has 0 amide bonds. The largest absolute Gasteiger partial charge is 0.397 e. The number of nitrogens with zero attached hydrogens (tertiary/aromatic N) is 1. The standard InChI is InChI=1S/C15H26N2O/c1-5-10-17(11-14(18)15(2,3)4)13-9-7-6-8-12(13)16/h6-9,14,18H,5,10-11,16H2,1-4H3. The van der Waals surface area contributed by atoms with Crippen molar-refractivity contribution in [3.63, 3.8) is 0 Å². The van der Waals surface area contributed by atoms with Gasteiger partial charge in [0.1, 0.15) is 0 Å². The van der Waals surface area contributed by atoms with Crippen LogP contribution in [0.2, 0.25) is 0 Å². The second kappa shape index (κ2) is 6.10. The molecular weight excluding hydrogens is 224 g/mol. The molecule has 3 heteroatoms. The van der Waals surface area contributed by atoms with Crippen LogP contribution < -0.4 is 10.6 Å². The number of aliphatic hydroxyl groups excluding tert-OH is 1. The number of hydrogen-bond donors (Lipinski definition) is 2. The maximum atomic E-state index is 10.3. The predicted molar refractivity (Wildman–Crippen MR) is 78.8 cm³/mol. The highest BCUT2D eigenvalue weighted by atomic mass is 16.3. The van der Waals surface area contributed by atoms with Crippen molar-refractivity contribution < 1.29 is 5.11 Å². The molecule has 0 radical (unpaired) electrons. The quantitative estimate of drug-likeness (QED) is 0.790. The van der Waals surface area contributed by atoms with E-state index in [1.54, 1.807) is 0 Å². The first-order valence-corrected chi connectivity index (χ1v) is 6.63. The van der Waals surface area contributed by atoms with Crippen LogP contribution in [-0.2, 0) is 0 Å². The zero-order valence-electron chi connectivity index (χ0n) is 12.0. The summed E-state index contributed by atoms with van der Waals surface area (Å²) in [6.45, 7) is 9.81. The van der Waals surface area contributed by atoms with Gasteiger partial charge in [-0.1, -0.05) is 39.8 Å². The first kappa shape index (κ1) is 14.8. The van der Waals surface area contributed by atoms with Crippen molar-refractivity contribution in [1.29, 1.82) is 0 Å². The fourth-order valence-corrected chi connectivity index (χ4v) is 1.84. The van der Waals surface area contributed by atoms with Gasteiger partial charge in [-0.2, -0.15) is 0 Å². The summed E-state index contributed by atoms with van der Waals surface area (Å²) in [5.74, 6) is 0. The summed E-state index contributed by atoms with van der Waals surface area (Å²) in [4.78, 5) is 2.17. The van der Waals surface area contributed by atoms with Gasteiger partial charge in [0.05, 0.1) is 17.5 Å². The third-order valence-corrected chi connectivity index (χ3v) is 3.16. The van der Waals surface area contributed by atoms with Crippen molar-refractivity contribution in [2.24, 2.45) is 5.41 Å². The Morgan fingerprint density at radius 2 is 1.89 bits per heavy atom. The molecule has 0 saturated heterocycles. The Hall–Kier alpha value is -1.22. The number of rotatable bonds is 5. The smallest absolute Gasteiger partial charge is 0.0763 e. The summed E-state index contributed by atoms with van der Waals surface area (Å²) in [5, 5.41) is 10.3. The van der Waals surface area contributed by atoms with Gasteiger partial charge in [-0.15, -0.1) is 0 Å². The van der Waals surface area contributed by atoms with Crippen LogP contribution >= 0.6 is 0 Å². The fourth-order valence-electron chi connectivity index (χ4n) is 1.84. The van der Waals surface area contributed by atoms with E-state index in [1.807, 2.05) is 24.3 Å². The molecule has 102 valence electrons. The van der Waals surface area contributed by atoms with Crippen LogP contribution in [0.15, 0.2) is 24.3 Å². The van der Waals surface area contributed by atoms with E-state index in [2.05, 4.69) is 32.6 Å². The lowest BCUT2D eigenvalue weighted by atomic mass is 9.88. The molecule has 0 spiro atoms. The maximum absolute atomic E-state index is 10.3. The number of hydrogen-bond acceptors (Lipinski definition) is 3. The van der Waals surface area contributed by atoms with Gasteiger partial charge in [-0.25, -0.2) is 0 Å². The lowest BCUT2D eigenvalue weighted by molar-refractivity contribution is 0.0689. The van der Waals surface area contributed by atoms with E-state index < -0.39 is 0 Å². The van der Waals surface area contributed by atoms with Crippen LogP contribution in [0.5, 0.6) is 0 Å². The number of nitrogen functional groups attached to an aromatic ring is 1. The highest BCUT2D eigenvalue weighted by Gasteiger charge is 2.24. The van der Waals surface area contributed by atoms with Gasteiger partial charge in [0.15, 0.2) is 0 Å². The summed E-state index contributed by atoms with van der Waals surface area (Å²) in [5.41, 5.74) is 7.68. The van der Waals surface area contributed by atoms with Crippen LogP contribution in [0.1, 0.15) is 34.1 Å². The van der Waals surface area contributed by atoms with Crippen LogP contribution in [0.3, 0.4) is 0 Å². The Morgan fingerprint density at radius 3 is 2.39 bits per heavy atom. The molecule has 0 aliphatic heterocycles. The third-order valence-electron chi connectivity index (χ3n) is 3.16. The fraction of sp³-hybridized carbons (Fsp3) is 0.600. The van der Waals surface area contributed by atoms with Crippen LogP contribution in [0.25, 0.3) is 0 Å². The van der Waals surface area contributed by atoms with Gasteiger partial charge in [-0.3, -0.25) is 0 Å². The number of anilines is 2. The van der Waals surface area contributed by atoms with E-state index in [1.165, 1.54) is 0 Å². The molecule has 3 N–H and O–H groups in total. The lowest BCUT2D eigenvalue weighted by Crippen LogP contribution is -2.40. The molecule has 0 heterocycles. The van der Waals surface area contributed by atoms with E-state index in [4.69, 9.17) is 5.73 Å². The van der Waals surface area contributed by atoms with Crippen LogP contribution in [0, 0.1) is 5.41 Å². The summed E-state index contributed by atoms with van der Waals surface area (Å²) in [6.07, 6.45) is 0.661. The second-order valence-corrected chi connectivity index (χ2v) is 5.89. The predicted octanol–water partition coefficient (Wildman–Crippen LogP) is 2.89. The van der Waals surface area contributed by atoms with Crippen LogP contribution in [0.4, 0.5) is 11.4 Å². The van der Waals surface area contributed by atoms with Gasteiger partial charge in [0, 0.05) is 13.1 Å². The third kappa shape index (κ3) is 3.91. The average Bonchev–Trinajstić information content (AvgIpc) is 2.28. The van der Waals surface area contributed by atoms with E-state index in [0.717, 1.165) is 24.3 Å². The molecule has 1 atom stereocenters. The highest BCUT2D eigenvalue weighted by molar-refractivity contribution is 5.67. The zero-order valence-corrected chi connectivity index (χ0v) is 12.0. The van der Waals surface area contributed by atoms with Gasteiger partial charge < -0.3 is 15.7 Å². The van der Waals surface area contributed by atoms with Crippen molar-refractivity contribution in [3.8, 4) is 0 Å². The van der Waals surface area contributed by atoms with Gasteiger partial charge in [0.2, 0.25) is 0 Å². The molecular formula is C15H26N2O. The Morgan fingerprint density at radius 1 is 1.28 bits per heavy atom. The Kier molecular flexibility index (Phi) is 5.03. The minimum absolute atomic E-state index is 0.116. The van der Waals surface area contributed by atoms with Gasteiger partial charge in [-0.05, 0) is 24.0 Å². The monoisotopic (exact) mass is 250 g/mol. The molecule has 1 rings (SSSR count). The Bertz CT molecular complexity index is 371. The summed E-state index contributed by atoms with van der Waals surface area (Å²) in [6, 6.07) is 7.84. The molecule has 0 aliphatic carbocycles. The van der Waals surface area contributed by atoms with E-state index in [9.17, 15) is 5.11 Å². The summed E-state index contributed by atoms with van der Waals surface area (Å²) < 4.78 is 0. The molecule has 0 fully saturated rings. The Labute approximate surface area is 111 Å². The number of benzene rings is 1. The normalized spacial score (nSPS) is 13.4. The first-order chi connectivity index (χ1) is 8.36. The second-order valence-electron chi connectivity index (χ2n) is 5.89. The average molecular weight is 250 g/mol. The molecule has 1 aromatic carbocycles. The minimum atomic E-state index is -0.372. The first-order valence-electron chi connectivity index (χ1n) is 6.63.